The van der Waals surface area contributed by atoms with Crippen LogP contribution in [0.2, 0.25) is 0 Å². The van der Waals surface area contributed by atoms with Gasteiger partial charge in [-0.2, -0.15) is 4.98 Å². The van der Waals surface area contributed by atoms with Crippen LogP contribution in [0.4, 0.5) is 0 Å². The molecule has 2 rings (SSSR count). The second-order valence-electron chi connectivity index (χ2n) is 3.71. The van der Waals surface area contributed by atoms with Crippen LogP contribution in [0.3, 0.4) is 0 Å². The Kier molecular flexibility index (Phi) is 3.05. The predicted molar refractivity (Wildman–Crippen MR) is 58.8 cm³/mol. The highest BCUT2D eigenvalue weighted by Crippen LogP contribution is 2.24. The van der Waals surface area contributed by atoms with Crippen molar-refractivity contribution in [3.05, 3.63) is 23.9 Å². The lowest BCUT2D eigenvalue weighted by Crippen LogP contribution is -2.10. The monoisotopic (exact) mass is 221 g/mol. The SMILES string of the molecule is CCc1occc1-c1nc(C(C)CN)no1. The Balaban J connectivity index is 2.31. The summed E-state index contributed by atoms with van der Waals surface area (Å²) in [6.45, 7) is 4.48. The van der Waals surface area contributed by atoms with Gasteiger partial charge in [-0.1, -0.05) is 19.0 Å². The average Bonchev–Trinajstić information content (AvgIpc) is 2.95. The van der Waals surface area contributed by atoms with Gasteiger partial charge >= 0.3 is 0 Å². The van der Waals surface area contributed by atoms with Gasteiger partial charge in [0.2, 0.25) is 0 Å². The van der Waals surface area contributed by atoms with Gasteiger partial charge in [0.25, 0.3) is 5.89 Å². The molecule has 2 aromatic rings. The van der Waals surface area contributed by atoms with E-state index in [1.807, 2.05) is 19.9 Å². The fourth-order valence-corrected chi connectivity index (χ4v) is 1.45. The largest absolute Gasteiger partial charge is 0.469 e. The summed E-state index contributed by atoms with van der Waals surface area (Å²) in [5, 5.41) is 3.91. The molecule has 0 amide bonds. The van der Waals surface area contributed by atoms with Gasteiger partial charge < -0.3 is 14.7 Å². The summed E-state index contributed by atoms with van der Waals surface area (Å²) in [4.78, 5) is 4.31. The van der Waals surface area contributed by atoms with Gasteiger partial charge in [-0.15, -0.1) is 0 Å². The first-order chi connectivity index (χ1) is 7.76. The summed E-state index contributed by atoms with van der Waals surface area (Å²) in [6.07, 6.45) is 2.43. The van der Waals surface area contributed by atoms with Crippen molar-refractivity contribution in [1.29, 1.82) is 0 Å². The molecular weight excluding hydrogens is 206 g/mol. The third kappa shape index (κ3) is 1.86. The zero-order valence-corrected chi connectivity index (χ0v) is 9.43. The van der Waals surface area contributed by atoms with E-state index in [0.29, 0.717) is 18.3 Å². The Morgan fingerprint density at radius 2 is 2.31 bits per heavy atom. The highest BCUT2D eigenvalue weighted by Gasteiger charge is 2.17. The van der Waals surface area contributed by atoms with Crippen LogP contribution in [0.15, 0.2) is 21.3 Å². The lowest BCUT2D eigenvalue weighted by molar-refractivity contribution is 0.416. The van der Waals surface area contributed by atoms with Gasteiger partial charge in [-0.3, -0.25) is 0 Å². The molecule has 0 saturated carbocycles. The number of rotatable bonds is 4. The second-order valence-corrected chi connectivity index (χ2v) is 3.71. The third-order valence-electron chi connectivity index (χ3n) is 2.53. The molecule has 0 aliphatic heterocycles. The van der Waals surface area contributed by atoms with Crippen molar-refractivity contribution in [2.24, 2.45) is 5.73 Å². The Bertz CT molecular complexity index is 461. The first-order valence-corrected chi connectivity index (χ1v) is 5.36. The molecule has 0 saturated heterocycles. The third-order valence-corrected chi connectivity index (χ3v) is 2.53. The molecule has 0 aliphatic carbocycles. The molecule has 0 spiro atoms. The fourth-order valence-electron chi connectivity index (χ4n) is 1.45. The van der Waals surface area contributed by atoms with E-state index in [1.165, 1.54) is 0 Å². The fraction of sp³-hybridized carbons (Fsp3) is 0.455. The molecule has 1 atom stereocenters. The molecule has 2 aromatic heterocycles. The van der Waals surface area contributed by atoms with E-state index in [4.69, 9.17) is 14.7 Å². The first-order valence-electron chi connectivity index (χ1n) is 5.36. The van der Waals surface area contributed by atoms with E-state index >= 15 is 0 Å². The summed E-state index contributed by atoms with van der Waals surface area (Å²) in [7, 11) is 0. The molecular formula is C11H15N3O2. The lowest BCUT2D eigenvalue weighted by Gasteiger charge is -1.98. The maximum absolute atomic E-state index is 5.55. The molecule has 0 bridgehead atoms. The van der Waals surface area contributed by atoms with Crippen LogP contribution >= 0.6 is 0 Å². The Labute approximate surface area is 93.6 Å². The van der Waals surface area contributed by atoms with Gasteiger partial charge in [0.05, 0.1) is 11.8 Å². The topological polar surface area (TPSA) is 78.1 Å². The van der Waals surface area contributed by atoms with Crippen molar-refractivity contribution in [1.82, 2.24) is 10.1 Å². The number of hydrogen-bond donors (Lipinski definition) is 1. The van der Waals surface area contributed by atoms with Crippen LogP contribution in [0.1, 0.15) is 31.4 Å². The molecule has 0 radical (unpaired) electrons. The molecule has 0 fully saturated rings. The summed E-state index contributed by atoms with van der Waals surface area (Å²) in [6, 6.07) is 1.84. The molecule has 16 heavy (non-hydrogen) atoms. The maximum atomic E-state index is 5.55. The maximum Gasteiger partial charge on any atom is 0.261 e. The molecule has 86 valence electrons. The van der Waals surface area contributed by atoms with Gasteiger partial charge in [-0.05, 0) is 6.07 Å². The van der Waals surface area contributed by atoms with E-state index in [0.717, 1.165) is 17.7 Å². The van der Waals surface area contributed by atoms with Gasteiger partial charge in [0.1, 0.15) is 5.76 Å². The van der Waals surface area contributed by atoms with E-state index in [1.54, 1.807) is 6.26 Å². The molecule has 5 heteroatoms. The van der Waals surface area contributed by atoms with Gasteiger partial charge in [0, 0.05) is 18.9 Å². The summed E-state index contributed by atoms with van der Waals surface area (Å²) >= 11 is 0. The smallest absolute Gasteiger partial charge is 0.261 e. The van der Waals surface area contributed by atoms with E-state index < -0.39 is 0 Å². The standard InChI is InChI=1S/C11H15N3O2/c1-3-9-8(4-5-15-9)11-13-10(14-16-11)7(2)6-12/h4-5,7H,3,6,12H2,1-2H3. The van der Waals surface area contributed by atoms with Crippen LogP contribution < -0.4 is 5.73 Å². The van der Waals surface area contributed by atoms with Gasteiger partial charge in [0.15, 0.2) is 5.82 Å². The summed E-state index contributed by atoms with van der Waals surface area (Å²) in [5.41, 5.74) is 6.41. The number of aromatic nitrogens is 2. The number of aryl methyl sites for hydroxylation is 1. The van der Waals surface area contributed by atoms with Crippen molar-refractivity contribution in [3.8, 4) is 11.5 Å². The Morgan fingerprint density at radius 1 is 1.50 bits per heavy atom. The number of furan rings is 1. The lowest BCUT2D eigenvalue weighted by atomic mass is 10.2. The van der Waals surface area contributed by atoms with Crippen molar-refractivity contribution in [2.45, 2.75) is 26.2 Å². The summed E-state index contributed by atoms with van der Waals surface area (Å²) < 4.78 is 10.5. The molecule has 5 nitrogen and oxygen atoms in total. The molecule has 0 aliphatic rings. The van der Waals surface area contributed by atoms with Crippen molar-refractivity contribution < 1.29 is 8.94 Å². The van der Waals surface area contributed by atoms with E-state index in [-0.39, 0.29) is 5.92 Å². The molecule has 2 N–H and O–H groups in total. The number of hydrogen-bond acceptors (Lipinski definition) is 5. The van der Waals surface area contributed by atoms with Crippen molar-refractivity contribution >= 4 is 0 Å². The van der Waals surface area contributed by atoms with Gasteiger partial charge in [-0.25, -0.2) is 0 Å². The second kappa shape index (κ2) is 4.49. The van der Waals surface area contributed by atoms with Crippen LogP contribution in [-0.4, -0.2) is 16.7 Å². The minimum atomic E-state index is 0.106. The number of nitrogens with zero attached hydrogens (tertiary/aromatic N) is 2. The molecule has 2 heterocycles. The first kappa shape index (κ1) is 10.9. The van der Waals surface area contributed by atoms with Crippen LogP contribution in [0.5, 0.6) is 0 Å². The molecule has 0 aromatic carbocycles. The van der Waals surface area contributed by atoms with E-state index in [9.17, 15) is 0 Å². The minimum Gasteiger partial charge on any atom is -0.469 e. The highest BCUT2D eigenvalue weighted by atomic mass is 16.5. The Morgan fingerprint density at radius 3 is 3.00 bits per heavy atom. The predicted octanol–water partition coefficient (Wildman–Crippen LogP) is 1.95. The molecule has 1 unspecified atom stereocenters. The van der Waals surface area contributed by atoms with E-state index in [2.05, 4.69) is 10.1 Å². The minimum absolute atomic E-state index is 0.106. The Hall–Kier alpha value is -1.62. The average molecular weight is 221 g/mol. The van der Waals surface area contributed by atoms with Crippen molar-refractivity contribution in [3.63, 3.8) is 0 Å². The zero-order chi connectivity index (χ0) is 11.5. The van der Waals surface area contributed by atoms with Crippen LogP contribution in [-0.2, 0) is 6.42 Å². The van der Waals surface area contributed by atoms with Crippen LogP contribution in [0.25, 0.3) is 11.5 Å². The number of nitrogens with two attached hydrogens (primary N) is 1. The quantitative estimate of drug-likeness (QED) is 0.853. The van der Waals surface area contributed by atoms with Crippen molar-refractivity contribution in [2.75, 3.05) is 6.54 Å². The summed E-state index contributed by atoms with van der Waals surface area (Å²) in [5.74, 6) is 2.10. The van der Waals surface area contributed by atoms with Crippen LogP contribution in [0, 0.1) is 0 Å². The zero-order valence-electron chi connectivity index (χ0n) is 9.43. The normalized spacial score (nSPS) is 12.9. The highest BCUT2D eigenvalue weighted by molar-refractivity contribution is 5.55.